The molecule has 1 N–H and O–H groups in total. The van der Waals surface area contributed by atoms with Gasteiger partial charge in [0.1, 0.15) is 24.2 Å². The number of benzene rings is 1. The molecule has 3 aliphatic heterocycles. The number of ether oxygens (including phenoxy) is 2. The van der Waals surface area contributed by atoms with Crippen LogP contribution in [0.4, 0.5) is 5.69 Å². The molecule has 8 heteroatoms. The first-order valence-electron chi connectivity index (χ1n) is 14.0. The minimum Gasteiger partial charge on any atom is -0.461 e. The number of nitrogens with zero attached hydrogens (tertiary/aromatic N) is 2. The molecule has 3 saturated heterocycles. The molecule has 3 aliphatic rings. The van der Waals surface area contributed by atoms with Crippen LogP contribution in [0.5, 0.6) is 0 Å². The number of carbonyl (C=O) groups is 3. The lowest BCUT2D eigenvalue weighted by atomic mass is 9.62. The number of rotatable bonds is 12. The largest absolute Gasteiger partial charge is 0.461 e. The number of amides is 2. The molecule has 0 aliphatic carbocycles. The SMILES string of the molecule is C=CCOC(=O)[C@H]1[C@H]2C(=O)N(CCCCCO)C(C(=O)N(CC=C)c3c(C)cccc3C)C23CC(C)[C@]1(C)O3. The number of para-hydroxylation sites is 1. The maximum absolute atomic E-state index is 14.7. The second-order valence-electron chi connectivity index (χ2n) is 11.4. The van der Waals surface area contributed by atoms with Crippen molar-refractivity contribution in [2.45, 2.75) is 70.6 Å². The van der Waals surface area contributed by atoms with E-state index in [1.165, 1.54) is 6.08 Å². The summed E-state index contributed by atoms with van der Waals surface area (Å²) in [5.41, 5.74) is 0.611. The molecule has 3 unspecified atom stereocenters. The molecule has 1 aromatic carbocycles. The minimum atomic E-state index is -1.15. The van der Waals surface area contributed by atoms with Gasteiger partial charge in [-0.1, -0.05) is 43.9 Å². The van der Waals surface area contributed by atoms with Crippen molar-refractivity contribution in [3.63, 3.8) is 0 Å². The Bertz CT molecular complexity index is 1130. The van der Waals surface area contributed by atoms with Gasteiger partial charge in [0.25, 0.3) is 5.91 Å². The molecule has 0 radical (unpaired) electrons. The Labute approximate surface area is 231 Å². The number of esters is 1. The molecule has 1 aromatic rings. The lowest BCUT2D eigenvalue weighted by Crippen LogP contribution is -2.57. The van der Waals surface area contributed by atoms with E-state index in [1.54, 1.807) is 15.9 Å². The van der Waals surface area contributed by atoms with E-state index >= 15 is 0 Å². The zero-order chi connectivity index (χ0) is 28.5. The van der Waals surface area contributed by atoms with Crippen LogP contribution in [-0.4, -0.2) is 71.3 Å². The predicted octanol–water partition coefficient (Wildman–Crippen LogP) is 3.72. The third kappa shape index (κ3) is 4.61. The van der Waals surface area contributed by atoms with Gasteiger partial charge in [-0.25, -0.2) is 0 Å². The Morgan fingerprint density at radius 2 is 1.90 bits per heavy atom. The van der Waals surface area contributed by atoms with Gasteiger partial charge in [0, 0.05) is 25.4 Å². The van der Waals surface area contributed by atoms with Crippen LogP contribution in [0.3, 0.4) is 0 Å². The van der Waals surface area contributed by atoms with Crippen LogP contribution in [0.1, 0.15) is 50.7 Å². The number of unbranched alkanes of at least 4 members (excludes halogenated alkanes) is 2. The van der Waals surface area contributed by atoms with Gasteiger partial charge in [-0.15, -0.1) is 6.58 Å². The summed E-state index contributed by atoms with van der Waals surface area (Å²) in [6, 6.07) is 4.98. The maximum atomic E-state index is 14.7. The van der Waals surface area contributed by atoms with Gasteiger partial charge in [0.05, 0.1) is 11.5 Å². The Kier molecular flexibility index (Phi) is 8.38. The average molecular weight is 539 g/mol. The number of aryl methyl sites for hydroxylation is 2. The third-order valence-electron chi connectivity index (χ3n) is 8.99. The number of hydrogen-bond donors (Lipinski definition) is 1. The highest BCUT2D eigenvalue weighted by atomic mass is 16.6. The normalized spacial score (nSPS) is 30.8. The number of hydrogen-bond acceptors (Lipinski definition) is 6. The summed E-state index contributed by atoms with van der Waals surface area (Å²) in [7, 11) is 0. The first-order chi connectivity index (χ1) is 18.6. The van der Waals surface area contributed by atoms with Crippen molar-refractivity contribution in [3.8, 4) is 0 Å². The van der Waals surface area contributed by atoms with Crippen molar-refractivity contribution in [1.29, 1.82) is 0 Å². The van der Waals surface area contributed by atoms with Gasteiger partial charge in [0.15, 0.2) is 0 Å². The summed E-state index contributed by atoms with van der Waals surface area (Å²) < 4.78 is 12.3. The molecule has 212 valence electrons. The fraction of sp³-hybridized carbons (Fsp3) is 0.581. The van der Waals surface area contributed by atoms with E-state index in [1.807, 2.05) is 45.9 Å². The molecular formula is C31H42N2O6. The van der Waals surface area contributed by atoms with Gasteiger partial charge in [-0.3, -0.25) is 14.4 Å². The average Bonchev–Trinajstić information content (AvgIpc) is 3.40. The predicted molar refractivity (Wildman–Crippen MR) is 149 cm³/mol. The van der Waals surface area contributed by atoms with E-state index in [4.69, 9.17) is 9.47 Å². The Balaban J connectivity index is 1.82. The van der Waals surface area contributed by atoms with E-state index in [2.05, 4.69) is 13.2 Å². The Hall–Kier alpha value is -2.97. The summed E-state index contributed by atoms with van der Waals surface area (Å²) in [5.74, 6) is -2.67. The molecular weight excluding hydrogens is 496 g/mol. The molecule has 0 aromatic heterocycles. The fourth-order valence-electron chi connectivity index (χ4n) is 7.22. The topological polar surface area (TPSA) is 96.4 Å². The van der Waals surface area contributed by atoms with Crippen molar-refractivity contribution in [2.75, 3.05) is 31.2 Å². The number of aliphatic hydroxyl groups excluding tert-OH is 1. The number of likely N-dealkylation sites (tertiary alicyclic amines) is 1. The minimum absolute atomic E-state index is 0.0423. The zero-order valence-corrected chi connectivity index (χ0v) is 23.7. The zero-order valence-electron chi connectivity index (χ0n) is 23.7. The summed E-state index contributed by atoms with van der Waals surface area (Å²) in [6.45, 7) is 16.1. The molecule has 8 nitrogen and oxygen atoms in total. The third-order valence-corrected chi connectivity index (χ3v) is 8.99. The summed E-state index contributed by atoms with van der Waals surface area (Å²) >= 11 is 0. The van der Waals surface area contributed by atoms with E-state index in [0.29, 0.717) is 32.2 Å². The van der Waals surface area contributed by atoms with Crippen molar-refractivity contribution in [2.24, 2.45) is 17.8 Å². The highest BCUT2D eigenvalue weighted by molar-refractivity contribution is 6.05. The first kappa shape index (κ1) is 29.0. The summed E-state index contributed by atoms with van der Waals surface area (Å²) in [4.78, 5) is 45.7. The number of aliphatic hydroxyl groups is 1. The fourth-order valence-corrected chi connectivity index (χ4v) is 7.22. The monoisotopic (exact) mass is 538 g/mol. The summed E-state index contributed by atoms with van der Waals surface area (Å²) in [5, 5.41) is 9.27. The van der Waals surface area contributed by atoms with Crippen molar-refractivity contribution >= 4 is 23.5 Å². The molecule has 2 amide bonds. The van der Waals surface area contributed by atoms with E-state index < -0.39 is 35.0 Å². The molecule has 3 fully saturated rings. The van der Waals surface area contributed by atoms with Gasteiger partial charge in [-0.05, 0) is 63.5 Å². The molecule has 3 heterocycles. The first-order valence-corrected chi connectivity index (χ1v) is 14.0. The number of carbonyl (C=O) groups excluding carboxylic acids is 3. The van der Waals surface area contributed by atoms with Crippen LogP contribution in [0.25, 0.3) is 0 Å². The molecule has 39 heavy (non-hydrogen) atoms. The van der Waals surface area contributed by atoms with Crippen LogP contribution in [0, 0.1) is 31.6 Å². The Morgan fingerprint density at radius 1 is 1.21 bits per heavy atom. The molecule has 1 spiro atoms. The van der Waals surface area contributed by atoms with E-state index in [9.17, 15) is 19.5 Å². The highest BCUT2D eigenvalue weighted by Gasteiger charge is 2.80. The second-order valence-corrected chi connectivity index (χ2v) is 11.4. The highest BCUT2D eigenvalue weighted by Crippen LogP contribution is 2.65. The van der Waals surface area contributed by atoms with Gasteiger partial charge < -0.3 is 24.4 Å². The van der Waals surface area contributed by atoms with Gasteiger partial charge in [-0.2, -0.15) is 0 Å². The quantitative estimate of drug-likeness (QED) is 0.248. The molecule has 2 bridgehead atoms. The van der Waals surface area contributed by atoms with Crippen molar-refractivity contribution < 1.29 is 29.0 Å². The van der Waals surface area contributed by atoms with Crippen LogP contribution < -0.4 is 4.90 Å². The number of fused-ring (bicyclic) bond motifs is 1. The van der Waals surface area contributed by atoms with Gasteiger partial charge in [0.2, 0.25) is 5.91 Å². The Morgan fingerprint density at radius 3 is 2.51 bits per heavy atom. The molecule has 6 atom stereocenters. The maximum Gasteiger partial charge on any atom is 0.313 e. The smallest absolute Gasteiger partial charge is 0.313 e. The van der Waals surface area contributed by atoms with E-state index in [0.717, 1.165) is 16.8 Å². The molecule has 0 saturated carbocycles. The van der Waals surface area contributed by atoms with Crippen molar-refractivity contribution in [1.82, 2.24) is 4.90 Å². The van der Waals surface area contributed by atoms with Crippen molar-refractivity contribution in [3.05, 3.63) is 54.6 Å². The molecule has 4 rings (SSSR count). The summed E-state index contributed by atoms with van der Waals surface area (Å²) in [6.07, 6.45) is 5.63. The lowest BCUT2D eigenvalue weighted by Gasteiger charge is -2.38. The standard InChI is InChI=1S/C31H42N2O6/c1-7-15-32(25-20(3)13-12-14-21(25)4)28(36)26-31-19-22(5)30(6,39-31)24(29(37)38-18-8-2)23(31)27(35)33(26)16-10-9-11-17-34/h7-8,12-14,22-24,26,34H,1-2,9-11,15-19H2,3-6H3/t22?,23-,24+,26?,30-,31?/m0/s1. The van der Waals surface area contributed by atoms with Gasteiger partial charge >= 0.3 is 5.97 Å². The van der Waals surface area contributed by atoms with Crippen LogP contribution in [0.15, 0.2) is 43.5 Å². The number of anilines is 1. The van der Waals surface area contributed by atoms with Crippen LogP contribution >= 0.6 is 0 Å². The van der Waals surface area contributed by atoms with E-state index in [-0.39, 0.29) is 37.5 Å². The van der Waals surface area contributed by atoms with Crippen LogP contribution in [-0.2, 0) is 23.9 Å². The lowest BCUT2D eigenvalue weighted by molar-refractivity contribution is -0.160. The van der Waals surface area contributed by atoms with Crippen LogP contribution in [0.2, 0.25) is 0 Å². The second kappa shape index (κ2) is 11.3.